The largest absolute Gasteiger partial charge is 0.301 e. The fourth-order valence-electron chi connectivity index (χ4n) is 1.69. The average Bonchev–Trinajstić information content (AvgIpc) is 2.77. The minimum atomic E-state index is -3.55. The lowest BCUT2D eigenvalue weighted by Crippen LogP contribution is -2.12. The number of carbonyl (C=O) groups is 1. The van der Waals surface area contributed by atoms with Crippen LogP contribution in [0.2, 0.25) is 0 Å². The summed E-state index contributed by atoms with van der Waals surface area (Å²) < 4.78 is 28.2. The van der Waals surface area contributed by atoms with Crippen LogP contribution in [0, 0.1) is 6.92 Å². The fourth-order valence-corrected chi connectivity index (χ4v) is 4.73. The van der Waals surface area contributed by atoms with Gasteiger partial charge in [-0.15, -0.1) is 11.6 Å². The molecule has 0 atom stereocenters. The number of hydrogen-bond acceptors (Lipinski definition) is 5. The summed E-state index contributed by atoms with van der Waals surface area (Å²) in [5.74, 6) is -0.617. The lowest BCUT2D eigenvalue weighted by molar-refractivity contribution is -0.113. The van der Waals surface area contributed by atoms with Crippen LogP contribution < -0.4 is 5.32 Å². The van der Waals surface area contributed by atoms with Gasteiger partial charge in [0.15, 0.2) is 14.4 Å². The van der Waals surface area contributed by atoms with E-state index >= 15 is 0 Å². The van der Waals surface area contributed by atoms with Gasteiger partial charge in [-0.25, -0.2) is 18.1 Å². The minimum Gasteiger partial charge on any atom is -0.301 e. The van der Waals surface area contributed by atoms with Crippen LogP contribution in [0.15, 0.2) is 15.4 Å². The number of fused-ring (bicyclic) bond motifs is 1. The summed E-state index contributed by atoms with van der Waals surface area (Å²) in [6.45, 7) is 2.21. The molecule has 7 nitrogen and oxygen atoms in total. The topological polar surface area (TPSA) is 86.0 Å². The molecule has 20 heavy (non-hydrogen) atoms. The van der Waals surface area contributed by atoms with Crippen molar-refractivity contribution in [1.29, 1.82) is 0 Å². The molecule has 0 fully saturated rings. The van der Waals surface area contributed by atoms with Gasteiger partial charge < -0.3 is 5.32 Å². The van der Waals surface area contributed by atoms with Gasteiger partial charge in [-0.05, 0) is 6.92 Å². The van der Waals surface area contributed by atoms with Crippen molar-refractivity contribution in [2.24, 2.45) is 0 Å². The molecule has 1 aliphatic rings. The zero-order valence-electron chi connectivity index (χ0n) is 9.75. The summed E-state index contributed by atoms with van der Waals surface area (Å²) in [4.78, 5) is 15.2. The first kappa shape index (κ1) is 15.1. The molecule has 0 saturated carbocycles. The summed E-state index contributed by atoms with van der Waals surface area (Å²) in [6.07, 6.45) is 1.57. The number of alkyl halides is 1. The van der Waals surface area contributed by atoms with Crippen LogP contribution in [-0.2, 0) is 21.3 Å². The zero-order valence-corrected chi connectivity index (χ0v) is 12.1. The normalized spacial score (nSPS) is 12.7. The summed E-state index contributed by atoms with van der Waals surface area (Å²) in [5.41, 5.74) is 0.371. The molecule has 0 spiro atoms. The predicted molar refractivity (Wildman–Crippen MR) is 76.2 cm³/mol. The molecule has 0 aromatic carbocycles. The van der Waals surface area contributed by atoms with E-state index in [2.05, 4.69) is 10.3 Å². The van der Waals surface area contributed by atoms with Gasteiger partial charge in [0.05, 0.1) is 11.9 Å². The Labute approximate surface area is 125 Å². The Hall–Kier alpha value is -1.32. The number of carbonyl (C=O) groups excluding carboxylic acids is 1. The number of nitrogens with zero attached hydrogens (tertiary/aromatic N) is 3. The average molecular weight is 337 g/mol. The Balaban J connectivity index is 0.00000147. The van der Waals surface area contributed by atoms with Crippen LogP contribution in [-0.4, -0.2) is 34.6 Å². The lowest BCUT2D eigenvalue weighted by Gasteiger charge is -2.03. The number of amides is 1. The van der Waals surface area contributed by atoms with E-state index in [1.807, 2.05) is 0 Å². The Kier molecular flexibility index (Phi) is 3.69. The molecule has 1 N–H and O–H groups in total. The van der Waals surface area contributed by atoms with Gasteiger partial charge in [0, 0.05) is 0 Å². The first-order chi connectivity index (χ1) is 8.93. The Bertz CT molecular complexity index is 771. The third-order valence-corrected chi connectivity index (χ3v) is 6.33. The molecule has 2 aromatic heterocycles. The molecule has 0 bridgehead atoms. The van der Waals surface area contributed by atoms with Gasteiger partial charge in [-0.1, -0.05) is 18.8 Å². The summed E-state index contributed by atoms with van der Waals surface area (Å²) in [6, 6.07) is 0. The first-order valence-corrected chi connectivity index (χ1v) is 8.11. The monoisotopic (exact) mass is 336 g/mol. The fraction of sp³-hybridized carbons (Fsp3) is 0.400. The lowest BCUT2D eigenvalue weighted by atomic mass is 10.6. The molecule has 0 aliphatic carbocycles. The van der Waals surface area contributed by atoms with E-state index in [0.29, 0.717) is 12.4 Å². The predicted octanol–water partition coefficient (Wildman–Crippen LogP) is 1.52. The molecule has 0 saturated heterocycles. The third-order valence-electron chi connectivity index (χ3n) is 2.66. The highest BCUT2D eigenvalue weighted by Crippen LogP contribution is 2.35. The van der Waals surface area contributed by atoms with Gasteiger partial charge in [0.2, 0.25) is 15.7 Å². The SMILES string of the molecule is C.Cc1nc(NC(=O)CCl)sc1S(=O)(=O)c1cn2n1C2. The highest BCUT2D eigenvalue weighted by molar-refractivity contribution is 7.93. The number of anilines is 1. The van der Waals surface area contributed by atoms with Crippen LogP contribution in [0.1, 0.15) is 13.1 Å². The maximum atomic E-state index is 12.3. The standard InChI is InChI=1S/C9H9ClN4O3S2.CH4/c1-5-8(18-9(11-5)12-6(15)2-10)19(16,17)7-3-13-4-14(7)13;/h3H,2,4H2,1H3,(H,11,12,15);1H4. The van der Waals surface area contributed by atoms with Gasteiger partial charge >= 0.3 is 0 Å². The smallest absolute Gasteiger partial charge is 0.241 e. The summed E-state index contributed by atoms with van der Waals surface area (Å²) >= 11 is 6.30. The molecular formula is C10H13ClN4O3S2. The van der Waals surface area contributed by atoms with Crippen molar-refractivity contribution in [2.45, 2.75) is 30.3 Å². The van der Waals surface area contributed by atoms with E-state index < -0.39 is 15.7 Å². The molecule has 2 aromatic rings. The number of thiazole rings is 1. The van der Waals surface area contributed by atoms with Crippen molar-refractivity contribution in [2.75, 3.05) is 11.2 Å². The summed E-state index contributed by atoms with van der Waals surface area (Å²) in [7, 11) is -3.55. The second-order valence-electron chi connectivity index (χ2n) is 4.02. The molecular weight excluding hydrogens is 324 g/mol. The Morgan fingerprint density at radius 1 is 1.60 bits per heavy atom. The maximum Gasteiger partial charge on any atom is 0.241 e. The van der Waals surface area contributed by atoms with E-state index in [9.17, 15) is 13.2 Å². The van der Waals surface area contributed by atoms with E-state index in [0.717, 1.165) is 11.3 Å². The van der Waals surface area contributed by atoms with Crippen molar-refractivity contribution < 1.29 is 13.2 Å². The zero-order chi connectivity index (χ0) is 13.8. The van der Waals surface area contributed by atoms with E-state index in [-0.39, 0.29) is 27.7 Å². The minimum absolute atomic E-state index is 0. The second-order valence-corrected chi connectivity index (χ2v) is 7.38. The number of rotatable bonds is 4. The molecule has 10 heteroatoms. The molecule has 110 valence electrons. The number of sulfone groups is 1. The van der Waals surface area contributed by atoms with Gasteiger partial charge in [-0.3, -0.25) is 9.48 Å². The van der Waals surface area contributed by atoms with Gasteiger partial charge in [0.1, 0.15) is 12.5 Å². The van der Waals surface area contributed by atoms with Crippen molar-refractivity contribution >= 4 is 43.8 Å². The summed E-state index contributed by atoms with van der Waals surface area (Å²) in [5, 5.41) is 2.96. The van der Waals surface area contributed by atoms with Crippen molar-refractivity contribution in [3.05, 3.63) is 11.9 Å². The van der Waals surface area contributed by atoms with Gasteiger partial charge in [0.25, 0.3) is 0 Å². The number of hydrogen-bond donors (Lipinski definition) is 1. The quantitative estimate of drug-likeness (QED) is 0.732. The molecule has 1 amide bonds. The number of nitrogens with one attached hydrogen (secondary N) is 1. The number of aryl methyl sites for hydroxylation is 1. The van der Waals surface area contributed by atoms with Crippen LogP contribution >= 0.6 is 22.9 Å². The maximum absolute atomic E-state index is 12.3. The van der Waals surface area contributed by atoms with E-state index in [1.54, 1.807) is 22.5 Å². The Morgan fingerprint density at radius 3 is 2.80 bits per heavy atom. The van der Waals surface area contributed by atoms with Crippen LogP contribution in [0.5, 0.6) is 0 Å². The van der Waals surface area contributed by atoms with E-state index in [4.69, 9.17) is 11.6 Å². The molecule has 3 rings (SSSR count). The van der Waals surface area contributed by atoms with Crippen molar-refractivity contribution in [1.82, 2.24) is 14.3 Å². The van der Waals surface area contributed by atoms with Crippen molar-refractivity contribution in [3.8, 4) is 0 Å². The van der Waals surface area contributed by atoms with Crippen LogP contribution in [0.25, 0.3) is 0 Å². The number of aromatic nitrogens is 3. The first-order valence-electron chi connectivity index (χ1n) is 5.27. The molecule has 0 radical (unpaired) electrons. The third kappa shape index (κ3) is 2.25. The highest BCUT2D eigenvalue weighted by Gasteiger charge is 2.35. The van der Waals surface area contributed by atoms with Gasteiger partial charge in [-0.2, -0.15) is 0 Å². The van der Waals surface area contributed by atoms with Crippen molar-refractivity contribution in [3.63, 3.8) is 0 Å². The van der Waals surface area contributed by atoms with Crippen LogP contribution in [0.4, 0.5) is 5.13 Å². The molecule has 1 aliphatic heterocycles. The number of halogens is 1. The Morgan fingerprint density at radius 2 is 2.30 bits per heavy atom. The van der Waals surface area contributed by atoms with Crippen LogP contribution in [0.3, 0.4) is 0 Å². The highest BCUT2D eigenvalue weighted by atomic mass is 35.5. The molecule has 0 unspecified atom stereocenters. The second kappa shape index (κ2) is 4.90. The molecule has 3 heterocycles. The van der Waals surface area contributed by atoms with E-state index in [1.165, 1.54) is 0 Å².